The van der Waals surface area contributed by atoms with Crippen molar-refractivity contribution in [2.24, 2.45) is 0 Å². The molecule has 0 saturated carbocycles. The Morgan fingerprint density at radius 1 is 0.923 bits per heavy atom. The van der Waals surface area contributed by atoms with Crippen molar-refractivity contribution < 1.29 is 29.0 Å². The van der Waals surface area contributed by atoms with E-state index in [1.807, 2.05) is 0 Å². The first-order chi connectivity index (χ1) is 4.00. The molecule has 13 heavy (non-hydrogen) atoms. The molecule has 0 saturated heterocycles. The first-order valence-electron chi connectivity index (χ1n) is 1.46. The third-order valence-electron chi connectivity index (χ3n) is 0. The van der Waals surface area contributed by atoms with Crippen molar-refractivity contribution in [3.8, 4) is 0 Å². The molecular formula is Ca3O6P2S2. The minimum atomic E-state index is -4.56. The van der Waals surface area contributed by atoms with Gasteiger partial charge in [0.15, 0.2) is 0 Å². The maximum Gasteiger partial charge on any atom is 2.00 e. The van der Waals surface area contributed by atoms with E-state index in [-0.39, 0.29) is 113 Å². The molecule has 13 heteroatoms. The normalized spacial score (nSPS) is 9.08. The molecule has 64 valence electrons. The van der Waals surface area contributed by atoms with Gasteiger partial charge >= 0.3 is 113 Å². The molecule has 0 bridgehead atoms. The Bertz CT molecular complexity index is 136. The number of hydrogen-bond acceptors (Lipinski definition) is 8. The third-order valence-corrected chi connectivity index (χ3v) is 0. The molecule has 0 N–H and O–H groups in total. The van der Waals surface area contributed by atoms with Gasteiger partial charge in [0.1, 0.15) is 0 Å². The van der Waals surface area contributed by atoms with Gasteiger partial charge in [-0.25, -0.2) is 6.80 Å². The van der Waals surface area contributed by atoms with E-state index in [9.17, 15) is 0 Å². The van der Waals surface area contributed by atoms with Gasteiger partial charge in [0, 0.05) is 0 Å². The molecule has 0 aliphatic heterocycles. The van der Waals surface area contributed by atoms with E-state index in [2.05, 4.69) is 24.1 Å². The zero-order chi connectivity index (χ0) is 9.00. The van der Waals surface area contributed by atoms with Crippen LogP contribution in [0.1, 0.15) is 0 Å². The molecule has 0 atom stereocenters. The van der Waals surface area contributed by atoms with Crippen molar-refractivity contribution >= 4 is 151 Å². The summed E-state index contributed by atoms with van der Waals surface area (Å²) >= 11 is 6.54. The van der Waals surface area contributed by atoms with Gasteiger partial charge in [-0.15, -0.1) is 0 Å². The van der Waals surface area contributed by atoms with E-state index in [0.29, 0.717) is 0 Å². The van der Waals surface area contributed by atoms with E-state index >= 15 is 0 Å². The van der Waals surface area contributed by atoms with Gasteiger partial charge in [-0.2, -0.15) is 11.8 Å². The van der Waals surface area contributed by atoms with Crippen LogP contribution in [-0.4, -0.2) is 113 Å². The van der Waals surface area contributed by atoms with Crippen LogP contribution in [0, 0.1) is 0 Å². The predicted molar refractivity (Wildman–Crippen MR) is 46.5 cm³/mol. The van der Waals surface area contributed by atoms with E-state index < -0.39 is 13.5 Å². The van der Waals surface area contributed by atoms with Crippen LogP contribution in [0.4, 0.5) is 0 Å². The van der Waals surface area contributed by atoms with Gasteiger partial charge in [-0.1, -0.05) is 0 Å². The summed E-state index contributed by atoms with van der Waals surface area (Å²) in [5.41, 5.74) is 0. The summed E-state index contributed by atoms with van der Waals surface area (Å²) in [6, 6.07) is 0. The molecule has 6 nitrogen and oxygen atoms in total. The topological polar surface area (TPSA) is 132 Å². The van der Waals surface area contributed by atoms with Crippen molar-refractivity contribution in [1.29, 1.82) is 0 Å². The molecular weight excluding hydrogens is 342 g/mol. The van der Waals surface area contributed by atoms with Crippen LogP contribution in [0.5, 0.6) is 0 Å². The van der Waals surface area contributed by atoms with Gasteiger partial charge < -0.3 is 48.0 Å². The fraction of sp³-hybridized carbons (Fsp3) is 0. The standard InChI is InChI=1S/3Ca.2H3O3PS/c;;;2*1-4(2,3)5/h;;;2*(H3,1,2,3,5)/q3*+2;;/p-6. The summed E-state index contributed by atoms with van der Waals surface area (Å²) in [6.45, 7) is -9.11. The second-order valence-corrected chi connectivity index (χ2v) is 5.37. The van der Waals surface area contributed by atoms with Crippen molar-refractivity contribution in [3.63, 3.8) is 0 Å². The Hall–Kier alpha value is 4.81. The second-order valence-electron chi connectivity index (χ2n) is 0.894. The average molecular weight is 342 g/mol. The molecule has 0 aromatic carbocycles. The molecule has 0 aliphatic rings. The smallest absolute Gasteiger partial charge is 0.844 e. The Labute approximate surface area is 175 Å². The van der Waals surface area contributed by atoms with E-state index in [1.54, 1.807) is 0 Å². The monoisotopic (exact) mass is 342 g/mol. The van der Waals surface area contributed by atoms with Crippen LogP contribution >= 0.6 is 13.5 Å². The van der Waals surface area contributed by atoms with Gasteiger partial charge in [-0.3, -0.25) is 0 Å². The van der Waals surface area contributed by atoms with E-state index in [4.69, 9.17) is 29.0 Å². The van der Waals surface area contributed by atoms with Crippen LogP contribution in [0.15, 0.2) is 0 Å². The molecule has 0 amide bonds. The van der Waals surface area contributed by atoms with Crippen LogP contribution < -0.4 is 24.5 Å². The second kappa shape index (κ2) is 14.9. The minimum absolute atomic E-state index is 0. The summed E-state index contributed by atoms with van der Waals surface area (Å²) in [5, 5.41) is 0. The zero-order valence-electron chi connectivity index (χ0n) is 6.28. The summed E-state index contributed by atoms with van der Waals surface area (Å²) in [7, 11) is 0. The van der Waals surface area contributed by atoms with E-state index in [1.165, 1.54) is 0 Å². The largest absolute Gasteiger partial charge is 2.00 e. The van der Waals surface area contributed by atoms with Crippen molar-refractivity contribution in [2.75, 3.05) is 0 Å². The first kappa shape index (κ1) is 30.7. The first-order valence-corrected chi connectivity index (χ1v) is 6.57. The molecule has 0 aromatic rings. The Morgan fingerprint density at radius 2 is 0.923 bits per heavy atom. The fourth-order valence-corrected chi connectivity index (χ4v) is 0. The predicted octanol–water partition coefficient (Wildman–Crippen LogP) is -5.49. The van der Waals surface area contributed by atoms with Crippen molar-refractivity contribution in [2.45, 2.75) is 0 Å². The maximum absolute atomic E-state index is 8.92. The molecule has 0 unspecified atom stereocenters. The van der Waals surface area contributed by atoms with Gasteiger partial charge in [0.05, 0.1) is 0 Å². The summed E-state index contributed by atoms with van der Waals surface area (Å²) in [4.78, 5) is 44.6. The summed E-state index contributed by atoms with van der Waals surface area (Å²) in [5.74, 6) is 0. The summed E-state index contributed by atoms with van der Waals surface area (Å²) < 4.78 is 8.92. The summed E-state index contributed by atoms with van der Waals surface area (Å²) in [6.07, 6.45) is 0. The molecule has 0 aromatic heterocycles. The third kappa shape index (κ3) is 159. The molecule has 0 rings (SSSR count). The Balaban J connectivity index is -0.0000000267. The van der Waals surface area contributed by atoms with E-state index in [0.717, 1.165) is 0 Å². The Morgan fingerprint density at radius 3 is 0.923 bits per heavy atom. The maximum atomic E-state index is 8.92. The molecule has 0 spiro atoms. The van der Waals surface area contributed by atoms with Crippen LogP contribution in [0.25, 0.3) is 0 Å². The molecule has 0 fully saturated rings. The average Bonchev–Trinajstić information content (AvgIpc) is 1.12. The SMILES string of the molecule is O=P([O-])([O-])[S-].[Ca+2].[Ca+2].[Ca+2].[O-]P([O-])([O-])=S. The van der Waals surface area contributed by atoms with Gasteiger partial charge in [-0.05, 0) is 0 Å². The van der Waals surface area contributed by atoms with Gasteiger partial charge in [0.25, 0.3) is 0 Å². The van der Waals surface area contributed by atoms with Crippen LogP contribution in [0.3, 0.4) is 0 Å². The molecule has 0 radical (unpaired) electrons. The van der Waals surface area contributed by atoms with Crippen molar-refractivity contribution in [3.05, 3.63) is 0 Å². The van der Waals surface area contributed by atoms with Crippen LogP contribution in [-0.2, 0) is 28.6 Å². The fourth-order valence-electron chi connectivity index (χ4n) is 0. The number of hydrogen-bond donors (Lipinski definition) is 0. The number of rotatable bonds is 0. The molecule has 0 heterocycles. The van der Waals surface area contributed by atoms with Crippen molar-refractivity contribution in [1.82, 2.24) is 0 Å². The van der Waals surface area contributed by atoms with Crippen LogP contribution in [0.2, 0.25) is 0 Å². The zero-order valence-corrected chi connectivity index (χ0v) is 16.3. The Kier molecular flexibility index (Phi) is 35.1. The van der Waals surface area contributed by atoms with Gasteiger partial charge in [0.2, 0.25) is 0 Å². The minimum Gasteiger partial charge on any atom is -0.844 e. The quantitative estimate of drug-likeness (QED) is 0.242. The molecule has 0 aliphatic carbocycles.